The fourth-order valence-corrected chi connectivity index (χ4v) is 4.07. The van der Waals surface area contributed by atoms with Crippen molar-refractivity contribution in [3.8, 4) is 5.75 Å². The lowest BCUT2D eigenvalue weighted by Crippen LogP contribution is -2.04. The van der Waals surface area contributed by atoms with E-state index in [-0.39, 0.29) is 33.5 Å². The number of rotatable bonds is 7. The number of nitrogens with zero attached hydrogens (tertiary/aromatic N) is 2. The van der Waals surface area contributed by atoms with Crippen LogP contribution in [0, 0.1) is 0 Å². The fraction of sp³-hybridized carbons (Fsp3) is 0.0588. The Morgan fingerprint density at radius 3 is 2.40 bits per heavy atom. The molecule has 7 N–H and O–H groups in total. The van der Waals surface area contributed by atoms with Gasteiger partial charge in [0.1, 0.15) is 16.3 Å². The van der Waals surface area contributed by atoms with E-state index in [1.807, 2.05) is 0 Å². The smallest absolute Gasteiger partial charge is 0.294 e. The number of phenols is 1. The second kappa shape index (κ2) is 8.83. The minimum atomic E-state index is -4.70. The maximum Gasteiger partial charge on any atom is 0.294 e. The molecule has 0 aliphatic heterocycles. The van der Waals surface area contributed by atoms with E-state index in [9.17, 15) is 18.1 Å². The van der Waals surface area contributed by atoms with Crippen molar-refractivity contribution in [1.29, 1.82) is 0 Å². The molecule has 0 aromatic heterocycles. The van der Waals surface area contributed by atoms with E-state index in [0.29, 0.717) is 23.4 Å². The van der Waals surface area contributed by atoms with Crippen LogP contribution in [0.15, 0.2) is 57.6 Å². The van der Waals surface area contributed by atoms with Crippen LogP contribution in [0.3, 0.4) is 0 Å². The first-order chi connectivity index (χ1) is 14.2. The van der Waals surface area contributed by atoms with Gasteiger partial charge in [-0.3, -0.25) is 4.55 Å². The summed E-state index contributed by atoms with van der Waals surface area (Å²) in [6, 6.07) is 10.6. The number of anilines is 2. The average Bonchev–Trinajstić information content (AvgIpc) is 2.69. The third-order valence-electron chi connectivity index (χ3n) is 4.07. The number of nitrogens with two attached hydrogens (primary N) is 2. The van der Waals surface area contributed by atoms with Crippen LogP contribution in [0.1, 0.15) is 5.56 Å². The maximum absolute atomic E-state index is 11.8. The van der Waals surface area contributed by atoms with Gasteiger partial charge in [0.2, 0.25) is 0 Å². The van der Waals surface area contributed by atoms with Gasteiger partial charge in [-0.2, -0.15) is 13.5 Å². The van der Waals surface area contributed by atoms with Crippen molar-refractivity contribution in [2.24, 2.45) is 10.2 Å². The van der Waals surface area contributed by atoms with E-state index >= 15 is 0 Å². The van der Waals surface area contributed by atoms with Crippen LogP contribution < -0.4 is 11.5 Å². The number of azo groups is 1. The molecule has 0 amide bonds. The van der Waals surface area contributed by atoms with Crippen LogP contribution in [0.5, 0.6) is 5.75 Å². The lowest BCUT2D eigenvalue weighted by atomic mass is 10.0. The predicted molar refractivity (Wildman–Crippen MR) is 111 cm³/mol. The van der Waals surface area contributed by atoms with Crippen molar-refractivity contribution in [3.63, 3.8) is 0 Å². The first-order valence-electron chi connectivity index (χ1n) is 8.14. The molecule has 0 aliphatic carbocycles. The monoisotopic (exact) mass is 452 g/mol. The molecule has 0 spiro atoms. The minimum absolute atomic E-state index is 0.0919. The van der Waals surface area contributed by atoms with Gasteiger partial charge >= 0.3 is 0 Å². The molecule has 0 saturated heterocycles. The Bertz CT molecular complexity index is 1220. The summed E-state index contributed by atoms with van der Waals surface area (Å²) >= 11 is 0.476. The molecule has 13 heteroatoms. The van der Waals surface area contributed by atoms with E-state index in [1.165, 1.54) is 12.1 Å². The number of hydrogen-bond acceptors (Lipinski definition) is 11. The molecule has 0 unspecified atom stereocenters. The van der Waals surface area contributed by atoms with Crippen LogP contribution in [0.25, 0.3) is 10.8 Å². The first-order valence-corrected chi connectivity index (χ1v) is 10.5. The molecule has 3 aromatic rings. The second-order valence-electron chi connectivity index (χ2n) is 5.97. The summed E-state index contributed by atoms with van der Waals surface area (Å²) < 4.78 is 37.4. The minimum Gasteiger partial charge on any atom is -0.507 e. The molecule has 0 saturated carbocycles. The number of phenolic OH excluding ortho intramolecular Hbond substituents is 1. The van der Waals surface area contributed by atoms with Gasteiger partial charge in [-0.05, 0) is 41.8 Å². The summed E-state index contributed by atoms with van der Waals surface area (Å²) in [7, 11) is -4.70. The molecular formula is C17H16N4O7S2. The molecule has 3 aromatic carbocycles. The summed E-state index contributed by atoms with van der Waals surface area (Å²) in [5, 5.41) is 31.1. The number of nitrogen functional groups attached to an aromatic ring is 2. The normalized spacial score (nSPS) is 12.1. The van der Waals surface area contributed by atoms with E-state index in [4.69, 9.17) is 16.7 Å². The van der Waals surface area contributed by atoms with E-state index < -0.39 is 20.8 Å². The average molecular weight is 452 g/mol. The topological polar surface area (TPSA) is 190 Å². The van der Waals surface area contributed by atoms with Crippen LogP contribution in [0.2, 0.25) is 0 Å². The third kappa shape index (κ3) is 4.62. The van der Waals surface area contributed by atoms with Crippen LogP contribution in [-0.4, -0.2) is 23.3 Å². The van der Waals surface area contributed by atoms with Crippen molar-refractivity contribution in [2.75, 3.05) is 11.5 Å². The Morgan fingerprint density at radius 1 is 1.07 bits per heavy atom. The van der Waals surface area contributed by atoms with Crippen molar-refractivity contribution >= 4 is 55.7 Å². The van der Waals surface area contributed by atoms with E-state index in [2.05, 4.69) is 19.6 Å². The third-order valence-corrected chi connectivity index (χ3v) is 5.55. The predicted octanol–water partition coefficient (Wildman–Crippen LogP) is 3.94. The first kappa shape index (κ1) is 21.8. The van der Waals surface area contributed by atoms with Crippen molar-refractivity contribution in [2.45, 2.75) is 10.6 Å². The quantitative estimate of drug-likeness (QED) is 0.0667. The van der Waals surface area contributed by atoms with Gasteiger partial charge in [0.15, 0.2) is 0 Å². The number of fused-ring (bicyclic) bond motifs is 1. The van der Waals surface area contributed by atoms with Crippen molar-refractivity contribution < 1.29 is 32.7 Å². The van der Waals surface area contributed by atoms with Crippen LogP contribution in [-0.2, 0) is 25.2 Å². The largest absolute Gasteiger partial charge is 0.507 e. The summed E-state index contributed by atoms with van der Waals surface area (Å²) in [4.78, 5) is -0.548. The van der Waals surface area contributed by atoms with Gasteiger partial charge in [-0.25, -0.2) is 5.26 Å². The van der Waals surface area contributed by atoms with Crippen LogP contribution >= 0.6 is 12.0 Å². The van der Waals surface area contributed by atoms with Gasteiger partial charge < -0.3 is 16.6 Å². The SMILES string of the molecule is Nc1ccc(N=Nc2c(N)ccc3cc(S(=O)(=O)O)c(CSOOO)c(O)c23)cc1. The number of aromatic hydroxyl groups is 1. The van der Waals surface area contributed by atoms with Gasteiger partial charge in [0, 0.05) is 23.3 Å². The molecule has 0 heterocycles. The van der Waals surface area contributed by atoms with Crippen molar-refractivity contribution in [1.82, 2.24) is 0 Å². The van der Waals surface area contributed by atoms with Gasteiger partial charge in [0.25, 0.3) is 10.1 Å². The van der Waals surface area contributed by atoms with E-state index in [0.717, 1.165) is 6.07 Å². The highest BCUT2D eigenvalue weighted by molar-refractivity contribution is 7.93. The molecule has 30 heavy (non-hydrogen) atoms. The Labute approximate surface area is 174 Å². The standard InChI is InChI=1S/C17H16N4O7S2/c18-10-2-4-11(5-3-10)20-21-16-13(19)6-1-9-7-14(30(24,25)26)12(8-29-28-27-23)17(22)15(9)16/h1-7,22-23H,8,18-19H2,(H,24,25,26). The molecular weight excluding hydrogens is 436 g/mol. The van der Waals surface area contributed by atoms with Gasteiger partial charge in [-0.1, -0.05) is 11.1 Å². The highest BCUT2D eigenvalue weighted by Crippen LogP contribution is 2.44. The van der Waals surface area contributed by atoms with Crippen molar-refractivity contribution in [3.05, 3.63) is 48.0 Å². The Hall–Kier alpha value is -2.94. The second-order valence-corrected chi connectivity index (χ2v) is 8.03. The molecule has 11 nitrogen and oxygen atoms in total. The maximum atomic E-state index is 11.8. The van der Waals surface area contributed by atoms with Gasteiger partial charge in [-0.15, -0.1) is 9.45 Å². The zero-order valence-corrected chi connectivity index (χ0v) is 16.7. The molecule has 0 bridgehead atoms. The van der Waals surface area contributed by atoms with E-state index in [1.54, 1.807) is 24.3 Å². The number of hydrogen-bond donors (Lipinski definition) is 5. The Kier molecular flexibility index (Phi) is 6.40. The molecule has 158 valence electrons. The Balaban J connectivity index is 2.21. The summed E-state index contributed by atoms with van der Waals surface area (Å²) in [5.74, 6) is -0.812. The highest BCUT2D eigenvalue weighted by Gasteiger charge is 2.24. The molecule has 0 aliphatic rings. The zero-order valence-electron chi connectivity index (χ0n) is 15.1. The molecule has 0 atom stereocenters. The van der Waals surface area contributed by atoms with Gasteiger partial charge in [0.05, 0.1) is 22.5 Å². The van der Waals surface area contributed by atoms with Crippen LogP contribution in [0.4, 0.5) is 22.7 Å². The highest BCUT2D eigenvalue weighted by atomic mass is 32.2. The zero-order chi connectivity index (χ0) is 21.9. The Morgan fingerprint density at radius 2 is 1.77 bits per heavy atom. The fourth-order valence-electron chi connectivity index (χ4n) is 2.72. The molecule has 0 radical (unpaired) electrons. The molecule has 3 rings (SSSR count). The summed E-state index contributed by atoms with van der Waals surface area (Å²) in [6.45, 7) is 0. The summed E-state index contributed by atoms with van der Waals surface area (Å²) in [5.41, 5.74) is 12.7. The lowest BCUT2D eigenvalue weighted by Gasteiger charge is -2.14. The molecule has 0 fully saturated rings. The summed E-state index contributed by atoms with van der Waals surface area (Å²) in [6.07, 6.45) is 0. The number of benzene rings is 3. The lowest BCUT2D eigenvalue weighted by molar-refractivity contribution is -0.432.